The number of rotatable bonds is 6. The van der Waals surface area contributed by atoms with Crippen molar-refractivity contribution in [3.63, 3.8) is 0 Å². The van der Waals surface area contributed by atoms with Crippen molar-refractivity contribution in [3.05, 3.63) is 23.8 Å². The van der Waals surface area contributed by atoms with Gasteiger partial charge in [-0.25, -0.2) is 0 Å². The molecule has 0 aliphatic heterocycles. The number of hydrogen-bond acceptors (Lipinski definition) is 3. The van der Waals surface area contributed by atoms with Gasteiger partial charge in [-0.2, -0.15) is 0 Å². The summed E-state index contributed by atoms with van der Waals surface area (Å²) in [5.41, 5.74) is 2.57. The van der Waals surface area contributed by atoms with Crippen molar-refractivity contribution in [2.75, 3.05) is 32.2 Å². The molecule has 0 unspecified atom stereocenters. The Morgan fingerprint density at radius 2 is 2.11 bits per heavy atom. The van der Waals surface area contributed by atoms with E-state index in [2.05, 4.69) is 31.0 Å². The number of aliphatic hydroxyl groups is 1. The van der Waals surface area contributed by atoms with E-state index in [0.717, 1.165) is 31.6 Å². The summed E-state index contributed by atoms with van der Waals surface area (Å²) in [6, 6.07) is 6.33. The molecule has 2 rings (SSSR count). The van der Waals surface area contributed by atoms with Crippen LogP contribution in [0.2, 0.25) is 0 Å². The van der Waals surface area contributed by atoms with E-state index >= 15 is 0 Å². The second-order valence-corrected chi connectivity index (χ2v) is 5.72. The van der Waals surface area contributed by atoms with Crippen LogP contribution in [0.3, 0.4) is 0 Å². The van der Waals surface area contributed by atoms with Gasteiger partial charge in [0.2, 0.25) is 0 Å². The highest BCUT2D eigenvalue weighted by Crippen LogP contribution is 2.41. The van der Waals surface area contributed by atoms with Crippen LogP contribution in [0.25, 0.3) is 0 Å². The average molecular weight is 263 g/mol. The first-order valence-electron chi connectivity index (χ1n) is 7.13. The second kappa shape index (κ2) is 5.83. The van der Waals surface area contributed by atoms with Crippen molar-refractivity contribution >= 4 is 5.69 Å². The third-order valence-electron chi connectivity index (χ3n) is 4.41. The van der Waals surface area contributed by atoms with Crippen LogP contribution in [0.1, 0.15) is 31.7 Å². The fourth-order valence-electron chi connectivity index (χ4n) is 2.92. The molecule has 0 saturated heterocycles. The highest BCUT2D eigenvalue weighted by Gasteiger charge is 2.37. The van der Waals surface area contributed by atoms with E-state index < -0.39 is 0 Å². The summed E-state index contributed by atoms with van der Waals surface area (Å²) >= 11 is 0. The monoisotopic (exact) mass is 263 g/mol. The minimum absolute atomic E-state index is 0.126. The summed E-state index contributed by atoms with van der Waals surface area (Å²) < 4.78 is 5.37. The number of nitrogens with zero attached hydrogens (tertiary/aromatic N) is 1. The lowest BCUT2D eigenvalue weighted by Crippen LogP contribution is -2.43. The lowest BCUT2D eigenvalue weighted by atomic mass is 9.69. The minimum atomic E-state index is 0.126. The second-order valence-electron chi connectivity index (χ2n) is 5.72. The van der Waals surface area contributed by atoms with Gasteiger partial charge in [0.15, 0.2) is 0 Å². The molecule has 3 heteroatoms. The maximum Gasteiger partial charge on any atom is 0.122 e. The van der Waals surface area contributed by atoms with E-state index in [0.29, 0.717) is 6.61 Å². The summed E-state index contributed by atoms with van der Waals surface area (Å²) in [7, 11) is 3.82. The highest BCUT2D eigenvalue weighted by molar-refractivity contribution is 5.53. The van der Waals surface area contributed by atoms with E-state index in [9.17, 15) is 5.11 Å². The van der Waals surface area contributed by atoms with Crippen LogP contribution in [-0.2, 0) is 6.42 Å². The highest BCUT2D eigenvalue weighted by atomic mass is 16.5. The number of hydrogen-bond donors (Lipinski definition) is 1. The maximum absolute atomic E-state index is 9.57. The Morgan fingerprint density at radius 3 is 2.58 bits per heavy atom. The largest absolute Gasteiger partial charge is 0.496 e. The summed E-state index contributed by atoms with van der Waals surface area (Å²) in [6.07, 6.45) is 4.50. The van der Waals surface area contributed by atoms with Crippen molar-refractivity contribution in [2.45, 2.75) is 32.6 Å². The van der Waals surface area contributed by atoms with E-state index in [-0.39, 0.29) is 5.41 Å². The van der Waals surface area contributed by atoms with Gasteiger partial charge in [-0.3, -0.25) is 0 Å². The van der Waals surface area contributed by atoms with Crippen LogP contribution in [0.15, 0.2) is 18.2 Å². The molecule has 0 amide bonds. The molecule has 1 N–H and O–H groups in total. The number of benzene rings is 1. The Hall–Kier alpha value is -1.22. The molecule has 0 radical (unpaired) electrons. The molecule has 1 aromatic rings. The molecule has 1 fully saturated rings. The van der Waals surface area contributed by atoms with Gasteiger partial charge in [0, 0.05) is 24.7 Å². The smallest absolute Gasteiger partial charge is 0.122 e. The molecule has 0 spiro atoms. The van der Waals surface area contributed by atoms with E-state index in [1.54, 1.807) is 7.11 Å². The summed E-state index contributed by atoms with van der Waals surface area (Å²) in [5.74, 6) is 0.958. The molecule has 0 bridgehead atoms. The molecule has 1 aliphatic carbocycles. The molecule has 0 heterocycles. The normalized spacial score (nSPS) is 16.8. The van der Waals surface area contributed by atoms with Crippen molar-refractivity contribution in [3.8, 4) is 5.75 Å². The van der Waals surface area contributed by atoms with E-state index in [1.807, 2.05) is 6.07 Å². The predicted octanol–water partition coefficient (Wildman–Crippen LogP) is 2.86. The topological polar surface area (TPSA) is 32.7 Å². The van der Waals surface area contributed by atoms with Gasteiger partial charge in [0.05, 0.1) is 13.7 Å². The van der Waals surface area contributed by atoms with Crippen LogP contribution >= 0.6 is 0 Å². The van der Waals surface area contributed by atoms with Gasteiger partial charge in [-0.1, -0.05) is 13.3 Å². The Labute approximate surface area is 116 Å². The first-order valence-corrected chi connectivity index (χ1v) is 7.13. The SMILES string of the molecule is CCc1cc(N(C)CC2(CO)CCC2)ccc1OC. The maximum atomic E-state index is 9.57. The van der Waals surface area contributed by atoms with Crippen molar-refractivity contribution in [2.24, 2.45) is 5.41 Å². The van der Waals surface area contributed by atoms with E-state index in [4.69, 9.17) is 4.74 Å². The Balaban J connectivity index is 2.12. The molecule has 3 nitrogen and oxygen atoms in total. The van der Waals surface area contributed by atoms with Crippen LogP contribution in [0.5, 0.6) is 5.75 Å². The minimum Gasteiger partial charge on any atom is -0.496 e. The van der Waals surface area contributed by atoms with Gasteiger partial charge in [-0.05, 0) is 43.0 Å². The Bertz CT molecular complexity index is 421. The molecule has 0 aromatic heterocycles. The number of methoxy groups -OCH3 is 1. The molecular formula is C16H25NO2. The molecule has 0 atom stereocenters. The van der Waals surface area contributed by atoms with Crippen LogP contribution in [0.4, 0.5) is 5.69 Å². The van der Waals surface area contributed by atoms with E-state index in [1.165, 1.54) is 17.7 Å². The summed E-state index contributed by atoms with van der Waals surface area (Å²) in [5, 5.41) is 9.57. The van der Waals surface area contributed by atoms with Gasteiger partial charge < -0.3 is 14.7 Å². The molecule has 1 aliphatic rings. The predicted molar refractivity (Wildman–Crippen MR) is 79.0 cm³/mol. The quantitative estimate of drug-likeness (QED) is 0.856. The van der Waals surface area contributed by atoms with Crippen LogP contribution < -0.4 is 9.64 Å². The fourth-order valence-corrected chi connectivity index (χ4v) is 2.92. The number of aliphatic hydroxyl groups excluding tert-OH is 1. The molecule has 1 aromatic carbocycles. The lowest BCUT2D eigenvalue weighted by molar-refractivity contribution is 0.0524. The zero-order chi connectivity index (χ0) is 13.9. The summed E-state index contributed by atoms with van der Waals surface area (Å²) in [6.45, 7) is 3.37. The zero-order valence-corrected chi connectivity index (χ0v) is 12.3. The molecule has 19 heavy (non-hydrogen) atoms. The van der Waals surface area contributed by atoms with Crippen molar-refractivity contribution in [1.29, 1.82) is 0 Å². The molecular weight excluding hydrogens is 238 g/mol. The fraction of sp³-hybridized carbons (Fsp3) is 0.625. The van der Waals surface area contributed by atoms with Crippen molar-refractivity contribution < 1.29 is 9.84 Å². The van der Waals surface area contributed by atoms with Gasteiger partial charge in [0.25, 0.3) is 0 Å². The Kier molecular flexibility index (Phi) is 4.35. The van der Waals surface area contributed by atoms with Crippen molar-refractivity contribution in [1.82, 2.24) is 0 Å². The summed E-state index contributed by atoms with van der Waals surface area (Å²) in [4.78, 5) is 2.26. The van der Waals surface area contributed by atoms with Gasteiger partial charge in [0.1, 0.15) is 5.75 Å². The number of ether oxygens (including phenoxy) is 1. The standard InChI is InChI=1S/C16H25NO2/c1-4-13-10-14(6-7-15(13)19-3)17(2)11-16(12-18)8-5-9-16/h6-7,10,18H,4-5,8-9,11-12H2,1-3H3. The van der Waals surface area contributed by atoms with Crippen LogP contribution in [0, 0.1) is 5.41 Å². The third kappa shape index (κ3) is 2.86. The zero-order valence-electron chi connectivity index (χ0n) is 12.3. The first-order chi connectivity index (χ1) is 9.14. The Morgan fingerprint density at radius 1 is 1.37 bits per heavy atom. The third-order valence-corrected chi connectivity index (χ3v) is 4.41. The van der Waals surface area contributed by atoms with Gasteiger partial charge in [-0.15, -0.1) is 0 Å². The number of anilines is 1. The average Bonchev–Trinajstić information content (AvgIpc) is 2.41. The first kappa shape index (κ1) is 14.2. The molecule has 106 valence electrons. The lowest BCUT2D eigenvalue weighted by Gasteiger charge is -2.43. The number of aryl methyl sites for hydroxylation is 1. The molecule has 1 saturated carbocycles. The van der Waals surface area contributed by atoms with Crippen LogP contribution in [-0.4, -0.2) is 32.4 Å². The van der Waals surface area contributed by atoms with Gasteiger partial charge >= 0.3 is 0 Å².